The van der Waals surface area contributed by atoms with E-state index in [1.807, 2.05) is 24.3 Å². The van der Waals surface area contributed by atoms with Gasteiger partial charge in [0.25, 0.3) is 5.91 Å². The minimum absolute atomic E-state index is 0.398. The average molecular weight is 383 g/mol. The van der Waals surface area contributed by atoms with Crippen LogP contribution in [0.3, 0.4) is 0 Å². The van der Waals surface area contributed by atoms with Crippen LogP contribution in [0.2, 0.25) is 0 Å². The van der Waals surface area contributed by atoms with Crippen LogP contribution >= 0.6 is 0 Å². The lowest BCUT2D eigenvalue weighted by atomic mass is 10.1. The number of amides is 1. The maximum Gasteiger partial charge on any atom is 0.331 e. The van der Waals surface area contributed by atoms with Crippen LogP contribution in [0.1, 0.15) is 25.0 Å². The summed E-state index contributed by atoms with van der Waals surface area (Å²) in [7, 11) is 3.09. The zero-order valence-electron chi connectivity index (χ0n) is 16.5. The summed E-state index contributed by atoms with van der Waals surface area (Å²) >= 11 is 0. The molecule has 6 nitrogen and oxygen atoms in total. The molecule has 0 bridgehead atoms. The lowest BCUT2D eigenvalue weighted by Crippen LogP contribution is -2.29. The maximum absolute atomic E-state index is 12.2. The summed E-state index contributed by atoms with van der Waals surface area (Å²) in [6.45, 7) is 3.58. The van der Waals surface area contributed by atoms with E-state index >= 15 is 0 Å². The van der Waals surface area contributed by atoms with Gasteiger partial charge in [0.05, 0.1) is 14.2 Å². The molecule has 6 heteroatoms. The predicted molar refractivity (Wildman–Crippen MR) is 109 cm³/mol. The topological polar surface area (TPSA) is 73.9 Å². The molecular formula is C22H25NO5. The number of rotatable bonds is 8. The van der Waals surface area contributed by atoms with Gasteiger partial charge < -0.3 is 19.5 Å². The number of carbonyl (C=O) groups excluding carboxylic acids is 2. The Balaban J connectivity index is 1.95. The number of nitrogens with one attached hydrogen (secondary N) is 1. The van der Waals surface area contributed by atoms with E-state index in [0.29, 0.717) is 22.7 Å². The Morgan fingerprint density at radius 3 is 2.39 bits per heavy atom. The SMILES string of the molecule is CCc1ccc(NC(=O)[C@H](C)OC(=O)/C=C/c2cc(OC)ccc2OC)cc1. The van der Waals surface area contributed by atoms with Gasteiger partial charge in [-0.1, -0.05) is 19.1 Å². The normalized spacial score (nSPS) is 11.7. The number of hydrogen-bond donors (Lipinski definition) is 1. The highest BCUT2D eigenvalue weighted by atomic mass is 16.5. The third-order valence-corrected chi connectivity index (χ3v) is 4.13. The van der Waals surface area contributed by atoms with E-state index in [2.05, 4.69) is 12.2 Å². The van der Waals surface area contributed by atoms with Crippen LogP contribution in [0.4, 0.5) is 5.69 Å². The van der Waals surface area contributed by atoms with E-state index in [1.54, 1.807) is 31.4 Å². The van der Waals surface area contributed by atoms with Crippen LogP contribution in [0.25, 0.3) is 6.08 Å². The van der Waals surface area contributed by atoms with Crippen LogP contribution in [0, 0.1) is 0 Å². The summed E-state index contributed by atoms with van der Waals surface area (Å²) in [4.78, 5) is 24.3. The number of carbonyl (C=O) groups is 2. The minimum atomic E-state index is -0.935. The van der Waals surface area contributed by atoms with Crippen LogP contribution in [-0.2, 0) is 20.7 Å². The molecule has 1 atom stereocenters. The largest absolute Gasteiger partial charge is 0.497 e. The molecule has 0 heterocycles. The molecule has 28 heavy (non-hydrogen) atoms. The fraction of sp³-hybridized carbons (Fsp3) is 0.273. The third kappa shape index (κ3) is 5.87. The number of aryl methyl sites for hydroxylation is 1. The second-order valence-corrected chi connectivity index (χ2v) is 6.06. The molecular weight excluding hydrogens is 358 g/mol. The second kappa shape index (κ2) is 10.2. The Kier molecular flexibility index (Phi) is 7.63. The van der Waals surface area contributed by atoms with E-state index < -0.39 is 18.0 Å². The van der Waals surface area contributed by atoms with E-state index in [4.69, 9.17) is 14.2 Å². The van der Waals surface area contributed by atoms with Crippen molar-refractivity contribution < 1.29 is 23.8 Å². The van der Waals surface area contributed by atoms with Crippen molar-refractivity contribution in [2.24, 2.45) is 0 Å². The molecule has 0 spiro atoms. The Labute approximate surface area is 165 Å². The molecule has 0 aliphatic carbocycles. The highest BCUT2D eigenvalue weighted by molar-refractivity contribution is 5.96. The summed E-state index contributed by atoms with van der Waals surface area (Å²) < 4.78 is 15.6. The fourth-order valence-electron chi connectivity index (χ4n) is 2.46. The summed E-state index contributed by atoms with van der Waals surface area (Å²) in [5, 5.41) is 2.73. The summed E-state index contributed by atoms with van der Waals surface area (Å²) in [5.41, 5.74) is 2.49. The van der Waals surface area contributed by atoms with Crippen LogP contribution in [0.5, 0.6) is 11.5 Å². The number of esters is 1. The summed E-state index contributed by atoms with van der Waals surface area (Å²) in [6, 6.07) is 12.8. The minimum Gasteiger partial charge on any atom is -0.497 e. The molecule has 148 valence electrons. The molecule has 0 saturated heterocycles. The molecule has 0 aliphatic rings. The highest BCUT2D eigenvalue weighted by Crippen LogP contribution is 2.25. The van der Waals surface area contributed by atoms with Gasteiger partial charge in [0, 0.05) is 17.3 Å². The van der Waals surface area contributed by atoms with Gasteiger partial charge in [-0.2, -0.15) is 0 Å². The van der Waals surface area contributed by atoms with Crippen molar-refractivity contribution in [3.05, 3.63) is 59.7 Å². The van der Waals surface area contributed by atoms with Crippen LogP contribution in [0.15, 0.2) is 48.5 Å². The molecule has 2 aromatic carbocycles. The lowest BCUT2D eigenvalue weighted by Gasteiger charge is -2.12. The number of benzene rings is 2. The molecule has 2 rings (SSSR count). The number of hydrogen-bond acceptors (Lipinski definition) is 5. The van der Waals surface area contributed by atoms with E-state index in [-0.39, 0.29) is 0 Å². The zero-order chi connectivity index (χ0) is 20.5. The van der Waals surface area contributed by atoms with Crippen molar-refractivity contribution in [2.45, 2.75) is 26.4 Å². The van der Waals surface area contributed by atoms with Crippen molar-refractivity contribution in [2.75, 3.05) is 19.5 Å². The monoisotopic (exact) mass is 383 g/mol. The molecule has 0 unspecified atom stereocenters. The van der Waals surface area contributed by atoms with Gasteiger partial charge >= 0.3 is 5.97 Å². The number of anilines is 1. The first-order valence-corrected chi connectivity index (χ1v) is 8.97. The van der Waals surface area contributed by atoms with Gasteiger partial charge in [-0.15, -0.1) is 0 Å². The van der Waals surface area contributed by atoms with Gasteiger partial charge in [0.1, 0.15) is 11.5 Å². The Morgan fingerprint density at radius 1 is 1.07 bits per heavy atom. The first kappa shape index (κ1) is 21.0. The third-order valence-electron chi connectivity index (χ3n) is 4.13. The van der Waals surface area contributed by atoms with Gasteiger partial charge in [0.15, 0.2) is 6.10 Å². The average Bonchev–Trinajstić information content (AvgIpc) is 2.72. The molecule has 0 aromatic heterocycles. The molecule has 1 N–H and O–H groups in total. The van der Waals surface area contributed by atoms with Crippen LogP contribution < -0.4 is 14.8 Å². The van der Waals surface area contributed by atoms with Gasteiger partial charge in [-0.25, -0.2) is 4.79 Å². The Morgan fingerprint density at radius 2 is 1.79 bits per heavy atom. The molecule has 0 aliphatic heterocycles. The fourth-order valence-corrected chi connectivity index (χ4v) is 2.46. The van der Waals surface area contributed by atoms with Crippen molar-refractivity contribution in [1.82, 2.24) is 0 Å². The molecule has 2 aromatic rings. The highest BCUT2D eigenvalue weighted by Gasteiger charge is 2.16. The van der Waals surface area contributed by atoms with Crippen LogP contribution in [-0.4, -0.2) is 32.2 Å². The second-order valence-electron chi connectivity index (χ2n) is 6.06. The smallest absolute Gasteiger partial charge is 0.331 e. The summed E-state index contributed by atoms with van der Waals surface area (Å²) in [6.07, 6.45) is 2.79. The first-order chi connectivity index (χ1) is 13.5. The number of methoxy groups -OCH3 is 2. The van der Waals surface area contributed by atoms with Gasteiger partial charge in [-0.3, -0.25) is 4.79 Å². The van der Waals surface area contributed by atoms with E-state index in [0.717, 1.165) is 6.42 Å². The van der Waals surface area contributed by atoms with Crippen molar-refractivity contribution in [3.8, 4) is 11.5 Å². The Hall–Kier alpha value is -3.28. The maximum atomic E-state index is 12.2. The van der Waals surface area contributed by atoms with Gasteiger partial charge in [-0.05, 0) is 55.3 Å². The van der Waals surface area contributed by atoms with Gasteiger partial charge in [0.2, 0.25) is 0 Å². The molecule has 0 saturated carbocycles. The lowest BCUT2D eigenvalue weighted by molar-refractivity contribution is -0.148. The van der Waals surface area contributed by atoms with E-state index in [1.165, 1.54) is 25.7 Å². The number of ether oxygens (including phenoxy) is 3. The van der Waals surface area contributed by atoms with Crippen molar-refractivity contribution in [3.63, 3.8) is 0 Å². The Bertz CT molecular complexity index is 843. The first-order valence-electron chi connectivity index (χ1n) is 8.97. The van der Waals surface area contributed by atoms with Crippen molar-refractivity contribution in [1.29, 1.82) is 0 Å². The van der Waals surface area contributed by atoms with E-state index in [9.17, 15) is 9.59 Å². The molecule has 1 amide bonds. The van der Waals surface area contributed by atoms with Crippen molar-refractivity contribution >= 4 is 23.6 Å². The predicted octanol–water partition coefficient (Wildman–Crippen LogP) is 3.85. The zero-order valence-corrected chi connectivity index (χ0v) is 16.5. The molecule has 0 radical (unpaired) electrons. The quantitative estimate of drug-likeness (QED) is 0.554. The summed E-state index contributed by atoms with van der Waals surface area (Å²) in [5.74, 6) is 0.195. The molecule has 0 fully saturated rings. The standard InChI is InChI=1S/C22H25NO5/c1-5-16-6-9-18(10-7-16)23-22(25)15(2)28-21(24)13-8-17-14-19(26-3)11-12-20(17)27-4/h6-15H,5H2,1-4H3,(H,23,25)/b13-8+/t15-/m0/s1.